The van der Waals surface area contributed by atoms with Crippen LogP contribution in [0.5, 0.6) is 0 Å². The molecule has 3 unspecified atom stereocenters. The van der Waals surface area contributed by atoms with E-state index in [-0.39, 0.29) is 6.04 Å². The lowest BCUT2D eigenvalue weighted by Gasteiger charge is -2.39. The third-order valence-electron chi connectivity index (χ3n) is 5.01. The third-order valence-corrected chi connectivity index (χ3v) is 5.27. The van der Waals surface area contributed by atoms with Crippen molar-refractivity contribution in [1.29, 1.82) is 0 Å². The Hall–Kier alpha value is -0.610. The molecule has 2 saturated heterocycles. The summed E-state index contributed by atoms with van der Waals surface area (Å²) >= 11 is 5.96. The monoisotopic (exact) mass is 279 g/mol. The Morgan fingerprint density at radius 1 is 1.21 bits per heavy atom. The zero-order valence-electron chi connectivity index (χ0n) is 11.3. The van der Waals surface area contributed by atoms with Crippen LogP contribution < -0.4 is 11.3 Å². The molecule has 0 radical (unpaired) electrons. The van der Waals surface area contributed by atoms with Gasteiger partial charge in [0.25, 0.3) is 0 Å². The Kier molecular flexibility index (Phi) is 3.81. The maximum Gasteiger partial charge on any atom is 0.0489 e. The van der Waals surface area contributed by atoms with E-state index in [1.807, 2.05) is 12.1 Å². The van der Waals surface area contributed by atoms with Gasteiger partial charge in [-0.05, 0) is 56.3 Å². The first-order valence-electron chi connectivity index (χ1n) is 7.12. The summed E-state index contributed by atoms with van der Waals surface area (Å²) in [5.74, 6) is 6.45. The molecule has 104 valence electrons. The van der Waals surface area contributed by atoms with Gasteiger partial charge < -0.3 is 4.90 Å². The maximum atomic E-state index is 5.96. The van der Waals surface area contributed by atoms with Crippen LogP contribution in [0.4, 0.5) is 0 Å². The van der Waals surface area contributed by atoms with E-state index in [1.54, 1.807) is 0 Å². The van der Waals surface area contributed by atoms with E-state index in [1.165, 1.54) is 31.2 Å². The number of nitrogens with zero attached hydrogens (tertiary/aromatic N) is 1. The van der Waals surface area contributed by atoms with Gasteiger partial charge in [-0.2, -0.15) is 0 Å². The lowest BCUT2D eigenvalue weighted by Crippen LogP contribution is -2.45. The van der Waals surface area contributed by atoms with Gasteiger partial charge in [-0.15, -0.1) is 0 Å². The van der Waals surface area contributed by atoms with E-state index in [0.29, 0.717) is 5.92 Å². The number of benzene rings is 1. The minimum atomic E-state index is 0.245. The summed E-state index contributed by atoms with van der Waals surface area (Å²) < 4.78 is 0. The van der Waals surface area contributed by atoms with Crippen LogP contribution in [0, 0.1) is 5.92 Å². The molecule has 2 aliphatic heterocycles. The summed E-state index contributed by atoms with van der Waals surface area (Å²) in [6.45, 7) is 0. The number of halogens is 1. The standard InChI is InChI=1S/C15H22ClN3/c1-19-13-6-7-14(19)9-11(8-13)15(18-17)10-2-4-12(16)5-3-10/h2-5,11,13-15,18H,6-9,17H2,1H3. The maximum absolute atomic E-state index is 5.96. The Balaban J connectivity index is 1.78. The summed E-state index contributed by atoms with van der Waals surface area (Å²) in [6.07, 6.45) is 5.17. The molecule has 4 heteroatoms. The van der Waals surface area contributed by atoms with Crippen molar-refractivity contribution in [3.63, 3.8) is 0 Å². The molecular formula is C15H22ClN3. The van der Waals surface area contributed by atoms with Crippen LogP contribution in [-0.4, -0.2) is 24.0 Å². The van der Waals surface area contributed by atoms with Crippen LogP contribution in [0.1, 0.15) is 37.3 Å². The smallest absolute Gasteiger partial charge is 0.0489 e. The van der Waals surface area contributed by atoms with Gasteiger partial charge in [-0.25, -0.2) is 0 Å². The fourth-order valence-corrected chi connectivity index (χ4v) is 4.03. The second-order valence-corrected chi connectivity index (χ2v) is 6.41. The predicted octanol–water partition coefficient (Wildman–Crippen LogP) is 2.72. The van der Waals surface area contributed by atoms with Gasteiger partial charge in [-0.3, -0.25) is 11.3 Å². The van der Waals surface area contributed by atoms with Crippen molar-refractivity contribution in [2.75, 3.05) is 7.05 Å². The molecule has 0 spiro atoms. The molecule has 2 bridgehead atoms. The Morgan fingerprint density at radius 2 is 1.79 bits per heavy atom. The summed E-state index contributed by atoms with van der Waals surface area (Å²) in [5, 5.41) is 0.781. The minimum Gasteiger partial charge on any atom is -0.300 e. The number of hydrogen-bond donors (Lipinski definition) is 2. The summed E-state index contributed by atoms with van der Waals surface area (Å²) in [5.41, 5.74) is 4.28. The predicted molar refractivity (Wildman–Crippen MR) is 78.8 cm³/mol. The highest BCUT2D eigenvalue weighted by molar-refractivity contribution is 6.30. The van der Waals surface area contributed by atoms with Crippen molar-refractivity contribution >= 4 is 11.6 Å². The molecule has 0 aromatic heterocycles. The number of rotatable bonds is 3. The third kappa shape index (κ3) is 2.52. The average Bonchev–Trinajstić information content (AvgIpc) is 2.65. The quantitative estimate of drug-likeness (QED) is 0.660. The molecule has 3 nitrogen and oxygen atoms in total. The molecule has 2 fully saturated rings. The number of nitrogens with one attached hydrogen (secondary N) is 1. The van der Waals surface area contributed by atoms with Crippen LogP contribution in [0.15, 0.2) is 24.3 Å². The van der Waals surface area contributed by atoms with E-state index in [4.69, 9.17) is 17.4 Å². The second-order valence-electron chi connectivity index (χ2n) is 5.98. The SMILES string of the molecule is CN1C2CCC1CC(C(NN)c1ccc(Cl)cc1)C2. The molecule has 1 aromatic carbocycles. The lowest BCUT2D eigenvalue weighted by molar-refractivity contribution is 0.112. The van der Waals surface area contributed by atoms with Gasteiger partial charge in [0.1, 0.15) is 0 Å². The molecule has 3 rings (SSSR count). The second kappa shape index (κ2) is 5.41. The zero-order valence-corrected chi connectivity index (χ0v) is 12.1. The van der Waals surface area contributed by atoms with Crippen molar-refractivity contribution in [3.8, 4) is 0 Å². The highest BCUT2D eigenvalue weighted by atomic mass is 35.5. The highest BCUT2D eigenvalue weighted by Gasteiger charge is 2.41. The molecule has 2 heterocycles. The van der Waals surface area contributed by atoms with Gasteiger partial charge in [0.2, 0.25) is 0 Å². The van der Waals surface area contributed by atoms with E-state index < -0.39 is 0 Å². The number of fused-ring (bicyclic) bond motifs is 2. The van der Waals surface area contributed by atoms with Gasteiger partial charge in [0.15, 0.2) is 0 Å². The van der Waals surface area contributed by atoms with E-state index in [9.17, 15) is 0 Å². The van der Waals surface area contributed by atoms with Crippen LogP contribution in [0.2, 0.25) is 5.02 Å². The van der Waals surface area contributed by atoms with Crippen LogP contribution in [0.3, 0.4) is 0 Å². The minimum absolute atomic E-state index is 0.245. The Labute approximate surface area is 120 Å². The molecular weight excluding hydrogens is 258 g/mol. The summed E-state index contributed by atoms with van der Waals surface area (Å²) in [6, 6.07) is 9.81. The first kappa shape index (κ1) is 13.4. The van der Waals surface area contributed by atoms with Crippen molar-refractivity contribution in [1.82, 2.24) is 10.3 Å². The number of piperidine rings is 1. The van der Waals surface area contributed by atoms with E-state index in [0.717, 1.165) is 17.1 Å². The van der Waals surface area contributed by atoms with Crippen LogP contribution >= 0.6 is 11.6 Å². The van der Waals surface area contributed by atoms with Gasteiger partial charge in [0, 0.05) is 23.1 Å². The molecule has 2 aliphatic rings. The lowest BCUT2D eigenvalue weighted by atomic mass is 9.82. The summed E-state index contributed by atoms with van der Waals surface area (Å²) in [7, 11) is 2.27. The van der Waals surface area contributed by atoms with Gasteiger partial charge in [0.05, 0.1) is 0 Å². The Morgan fingerprint density at radius 3 is 2.32 bits per heavy atom. The first-order chi connectivity index (χ1) is 9.19. The molecule has 19 heavy (non-hydrogen) atoms. The number of hydrazine groups is 1. The van der Waals surface area contributed by atoms with E-state index in [2.05, 4.69) is 29.5 Å². The molecule has 0 amide bonds. The molecule has 0 aliphatic carbocycles. The average molecular weight is 280 g/mol. The first-order valence-corrected chi connectivity index (χ1v) is 7.50. The van der Waals surface area contributed by atoms with Gasteiger partial charge in [-0.1, -0.05) is 23.7 Å². The Bertz CT molecular complexity index is 420. The van der Waals surface area contributed by atoms with Gasteiger partial charge >= 0.3 is 0 Å². The fourth-order valence-electron chi connectivity index (χ4n) is 3.90. The highest BCUT2D eigenvalue weighted by Crippen LogP contribution is 2.42. The number of nitrogens with two attached hydrogens (primary N) is 1. The normalized spacial score (nSPS) is 32.5. The number of hydrogen-bond acceptors (Lipinski definition) is 3. The fraction of sp³-hybridized carbons (Fsp3) is 0.600. The van der Waals surface area contributed by atoms with Crippen LogP contribution in [0.25, 0.3) is 0 Å². The topological polar surface area (TPSA) is 41.3 Å². The van der Waals surface area contributed by atoms with E-state index >= 15 is 0 Å². The van der Waals surface area contributed by atoms with Crippen molar-refractivity contribution in [2.24, 2.45) is 11.8 Å². The molecule has 3 N–H and O–H groups in total. The van der Waals surface area contributed by atoms with Crippen LogP contribution in [-0.2, 0) is 0 Å². The zero-order chi connectivity index (χ0) is 13.4. The molecule has 3 atom stereocenters. The molecule has 0 saturated carbocycles. The van der Waals surface area contributed by atoms with Crippen molar-refractivity contribution in [3.05, 3.63) is 34.9 Å². The van der Waals surface area contributed by atoms with Crippen molar-refractivity contribution in [2.45, 2.75) is 43.8 Å². The largest absolute Gasteiger partial charge is 0.300 e. The summed E-state index contributed by atoms with van der Waals surface area (Å²) in [4.78, 5) is 2.56. The van der Waals surface area contributed by atoms with Crippen molar-refractivity contribution < 1.29 is 0 Å². The molecule has 1 aromatic rings.